The van der Waals surface area contributed by atoms with E-state index < -0.39 is 13.0 Å². The number of halogens is 2. The third-order valence-corrected chi connectivity index (χ3v) is 3.01. The van der Waals surface area contributed by atoms with E-state index >= 15 is 0 Å². The van der Waals surface area contributed by atoms with Crippen LogP contribution in [-0.2, 0) is 17.7 Å². The van der Waals surface area contributed by atoms with Crippen LogP contribution >= 0.6 is 0 Å². The van der Waals surface area contributed by atoms with Crippen LogP contribution in [-0.4, -0.2) is 34.6 Å². The molecule has 0 amide bonds. The Kier molecular flexibility index (Phi) is 4.20. The van der Waals surface area contributed by atoms with Crippen LogP contribution in [0.3, 0.4) is 0 Å². The van der Waals surface area contributed by atoms with Crippen molar-refractivity contribution < 1.29 is 13.5 Å². The predicted octanol–water partition coefficient (Wildman–Crippen LogP) is 1.50. The molecule has 0 spiro atoms. The Balaban J connectivity index is 2.27. The lowest BCUT2D eigenvalue weighted by Gasteiger charge is -2.23. The van der Waals surface area contributed by atoms with Gasteiger partial charge in [0.15, 0.2) is 0 Å². The fourth-order valence-corrected chi connectivity index (χ4v) is 2.24. The maximum atomic E-state index is 12.5. The average molecular weight is 256 g/mol. The third kappa shape index (κ3) is 2.82. The Hall–Kier alpha value is -1.55. The minimum atomic E-state index is -2.47. The van der Waals surface area contributed by atoms with Gasteiger partial charge in [0.1, 0.15) is 12.2 Å². The molecule has 0 aliphatic carbocycles. The van der Waals surface area contributed by atoms with Gasteiger partial charge in [-0.1, -0.05) is 5.21 Å². The smallest absolute Gasteiger partial charge is 0.257 e. The van der Waals surface area contributed by atoms with E-state index in [2.05, 4.69) is 10.3 Å². The molecule has 1 fully saturated rings. The summed E-state index contributed by atoms with van der Waals surface area (Å²) in [5.41, 5.74) is 1.20. The number of nitriles is 1. The summed E-state index contributed by atoms with van der Waals surface area (Å²) >= 11 is 0. The first kappa shape index (κ1) is 12.9. The minimum Gasteiger partial charge on any atom is -0.381 e. The molecular formula is C11H14F2N4O. The van der Waals surface area contributed by atoms with Gasteiger partial charge in [0.05, 0.1) is 18.2 Å². The van der Waals surface area contributed by atoms with E-state index in [1.807, 2.05) is 6.07 Å². The SMILES string of the molecule is N#CCc1nnn(CC(F)F)c1C1CCOCC1. The Morgan fingerprint density at radius 2 is 2.17 bits per heavy atom. The highest BCUT2D eigenvalue weighted by Gasteiger charge is 2.25. The van der Waals surface area contributed by atoms with Crippen molar-refractivity contribution in [2.45, 2.75) is 38.2 Å². The second-order valence-corrected chi connectivity index (χ2v) is 4.22. The van der Waals surface area contributed by atoms with Crippen LogP contribution in [0.4, 0.5) is 8.78 Å². The van der Waals surface area contributed by atoms with Gasteiger partial charge in [-0.2, -0.15) is 5.26 Å². The average Bonchev–Trinajstić information content (AvgIpc) is 2.73. The minimum absolute atomic E-state index is 0.107. The van der Waals surface area contributed by atoms with Crippen molar-refractivity contribution >= 4 is 0 Å². The highest BCUT2D eigenvalue weighted by atomic mass is 19.3. The van der Waals surface area contributed by atoms with E-state index in [0.29, 0.717) is 24.6 Å². The Morgan fingerprint density at radius 1 is 1.44 bits per heavy atom. The maximum absolute atomic E-state index is 12.5. The normalized spacial score (nSPS) is 17.0. The summed E-state index contributed by atoms with van der Waals surface area (Å²) in [7, 11) is 0. The number of rotatable bonds is 4. The molecule has 1 aliphatic heterocycles. The van der Waals surface area contributed by atoms with Crippen LogP contribution in [0.5, 0.6) is 0 Å². The van der Waals surface area contributed by atoms with Gasteiger partial charge in [-0.25, -0.2) is 13.5 Å². The summed E-state index contributed by atoms with van der Waals surface area (Å²) in [4.78, 5) is 0. The van der Waals surface area contributed by atoms with Crippen LogP contribution in [0, 0.1) is 11.3 Å². The van der Waals surface area contributed by atoms with Crippen LogP contribution in [0.1, 0.15) is 30.1 Å². The molecule has 1 aromatic heterocycles. The highest BCUT2D eigenvalue weighted by Crippen LogP contribution is 2.29. The van der Waals surface area contributed by atoms with Gasteiger partial charge in [0.2, 0.25) is 0 Å². The second kappa shape index (κ2) is 5.87. The van der Waals surface area contributed by atoms with Crippen molar-refractivity contribution in [3.05, 3.63) is 11.4 Å². The van der Waals surface area contributed by atoms with E-state index in [-0.39, 0.29) is 12.3 Å². The molecule has 0 N–H and O–H groups in total. The second-order valence-electron chi connectivity index (χ2n) is 4.22. The van der Waals surface area contributed by atoms with E-state index in [1.165, 1.54) is 4.68 Å². The molecule has 5 nitrogen and oxygen atoms in total. The van der Waals surface area contributed by atoms with Crippen molar-refractivity contribution in [1.82, 2.24) is 15.0 Å². The van der Waals surface area contributed by atoms with Gasteiger partial charge >= 0.3 is 0 Å². The summed E-state index contributed by atoms with van der Waals surface area (Å²) in [6.45, 7) is 0.748. The first-order chi connectivity index (χ1) is 8.72. The van der Waals surface area contributed by atoms with Crippen molar-refractivity contribution in [2.24, 2.45) is 0 Å². The van der Waals surface area contributed by atoms with Gasteiger partial charge < -0.3 is 4.74 Å². The first-order valence-electron chi connectivity index (χ1n) is 5.87. The van der Waals surface area contributed by atoms with E-state index in [9.17, 15) is 8.78 Å². The molecule has 0 saturated carbocycles. The number of nitrogens with zero attached hydrogens (tertiary/aromatic N) is 4. The summed E-state index contributed by atoms with van der Waals surface area (Å²) in [5.74, 6) is 0.107. The molecule has 1 saturated heterocycles. The lowest BCUT2D eigenvalue weighted by Crippen LogP contribution is -2.20. The van der Waals surface area contributed by atoms with Gasteiger partial charge in [0, 0.05) is 19.1 Å². The molecule has 1 aromatic rings. The number of alkyl halides is 2. The summed E-state index contributed by atoms with van der Waals surface area (Å²) in [6.07, 6.45) is -0.847. The lowest BCUT2D eigenvalue weighted by molar-refractivity contribution is 0.0806. The first-order valence-corrected chi connectivity index (χ1v) is 5.87. The number of hydrogen-bond donors (Lipinski definition) is 0. The molecule has 1 aliphatic rings. The van der Waals surface area contributed by atoms with Gasteiger partial charge in [-0.15, -0.1) is 5.10 Å². The zero-order valence-corrected chi connectivity index (χ0v) is 9.85. The summed E-state index contributed by atoms with van der Waals surface area (Å²) in [6, 6.07) is 2.00. The van der Waals surface area contributed by atoms with Crippen LogP contribution in [0.25, 0.3) is 0 Å². The molecule has 0 radical (unpaired) electrons. The molecular weight excluding hydrogens is 242 g/mol. The molecule has 2 heterocycles. The standard InChI is InChI=1S/C11H14F2N4O/c12-10(13)7-17-11(8-2-5-18-6-3-8)9(1-4-14)15-16-17/h8,10H,1-3,5-7H2. The van der Waals surface area contributed by atoms with Crippen molar-refractivity contribution in [3.63, 3.8) is 0 Å². The monoisotopic (exact) mass is 256 g/mol. The Bertz CT molecular complexity index is 435. The van der Waals surface area contributed by atoms with Crippen LogP contribution in [0.2, 0.25) is 0 Å². The number of hydrogen-bond acceptors (Lipinski definition) is 4. The van der Waals surface area contributed by atoms with Crippen molar-refractivity contribution in [1.29, 1.82) is 5.26 Å². The van der Waals surface area contributed by atoms with Crippen LogP contribution in [0.15, 0.2) is 0 Å². The molecule has 2 rings (SSSR count). The molecule has 0 aromatic carbocycles. The van der Waals surface area contributed by atoms with Crippen molar-refractivity contribution in [3.8, 4) is 6.07 Å². The summed E-state index contributed by atoms with van der Waals surface area (Å²) in [5, 5.41) is 16.3. The maximum Gasteiger partial charge on any atom is 0.257 e. The molecule has 0 unspecified atom stereocenters. The zero-order chi connectivity index (χ0) is 13.0. The number of aromatic nitrogens is 3. The Morgan fingerprint density at radius 3 is 2.78 bits per heavy atom. The highest BCUT2D eigenvalue weighted by molar-refractivity contribution is 5.19. The fourth-order valence-electron chi connectivity index (χ4n) is 2.24. The van der Waals surface area contributed by atoms with Gasteiger partial charge in [-0.05, 0) is 12.8 Å². The zero-order valence-electron chi connectivity index (χ0n) is 9.85. The lowest BCUT2D eigenvalue weighted by atomic mass is 9.94. The molecule has 98 valence electrons. The van der Waals surface area contributed by atoms with Gasteiger partial charge in [0.25, 0.3) is 6.43 Å². The van der Waals surface area contributed by atoms with Crippen LogP contribution < -0.4 is 0 Å². The summed E-state index contributed by atoms with van der Waals surface area (Å²) < 4.78 is 31.5. The van der Waals surface area contributed by atoms with E-state index in [0.717, 1.165) is 12.8 Å². The van der Waals surface area contributed by atoms with E-state index in [4.69, 9.17) is 10.00 Å². The number of ether oxygens (including phenoxy) is 1. The van der Waals surface area contributed by atoms with Crippen molar-refractivity contribution in [2.75, 3.05) is 13.2 Å². The largest absolute Gasteiger partial charge is 0.381 e. The van der Waals surface area contributed by atoms with E-state index in [1.54, 1.807) is 0 Å². The molecule has 0 atom stereocenters. The fraction of sp³-hybridized carbons (Fsp3) is 0.727. The quantitative estimate of drug-likeness (QED) is 0.819. The molecule has 0 bridgehead atoms. The third-order valence-electron chi connectivity index (χ3n) is 3.01. The topological polar surface area (TPSA) is 63.7 Å². The Labute approximate surface area is 103 Å². The molecule has 18 heavy (non-hydrogen) atoms. The van der Waals surface area contributed by atoms with Gasteiger partial charge in [-0.3, -0.25) is 0 Å². The molecule has 7 heteroatoms. The predicted molar refractivity (Wildman–Crippen MR) is 58.1 cm³/mol.